The van der Waals surface area contributed by atoms with E-state index in [0.29, 0.717) is 0 Å². The summed E-state index contributed by atoms with van der Waals surface area (Å²) >= 11 is 0. The van der Waals surface area contributed by atoms with Crippen LogP contribution in [-0.4, -0.2) is 41.0 Å². The van der Waals surface area contributed by atoms with Gasteiger partial charge in [0, 0.05) is 32.2 Å². The van der Waals surface area contributed by atoms with Gasteiger partial charge in [0.25, 0.3) is 0 Å². The number of para-hydroxylation sites is 2. The fourth-order valence-electron chi connectivity index (χ4n) is 3.21. The summed E-state index contributed by atoms with van der Waals surface area (Å²) in [5.74, 6) is 1.03. The van der Waals surface area contributed by atoms with Gasteiger partial charge in [-0.15, -0.1) is 0 Å². The molecule has 1 aromatic heterocycles. The Hall–Kier alpha value is -1.43. The second-order valence-electron chi connectivity index (χ2n) is 6.39. The molecule has 1 saturated heterocycles. The first-order valence-corrected chi connectivity index (χ1v) is 7.99. The molecule has 0 saturated carbocycles. The highest BCUT2D eigenvalue weighted by Gasteiger charge is 2.32. The Balaban J connectivity index is 1.73. The highest BCUT2D eigenvalue weighted by atomic mass is 16.5. The zero-order valence-corrected chi connectivity index (χ0v) is 13.4. The van der Waals surface area contributed by atoms with Gasteiger partial charge in [0.1, 0.15) is 5.82 Å². The van der Waals surface area contributed by atoms with Crippen LogP contribution in [0.25, 0.3) is 11.0 Å². The summed E-state index contributed by atoms with van der Waals surface area (Å²) < 4.78 is 7.56. The van der Waals surface area contributed by atoms with Crippen molar-refractivity contribution in [3.05, 3.63) is 30.1 Å². The maximum atomic E-state index is 9.78. The molecular weight excluding hydrogens is 278 g/mol. The fourth-order valence-corrected chi connectivity index (χ4v) is 3.21. The lowest BCUT2D eigenvalue weighted by Crippen LogP contribution is -2.42. The quantitative estimate of drug-likeness (QED) is 0.887. The number of aliphatic hydroxyl groups is 1. The average Bonchev–Trinajstić information content (AvgIpc) is 2.91. The van der Waals surface area contributed by atoms with E-state index < -0.39 is 0 Å². The normalized spacial score (nSPS) is 19.4. The highest BCUT2D eigenvalue weighted by molar-refractivity contribution is 5.75. The van der Waals surface area contributed by atoms with Crippen molar-refractivity contribution in [3.8, 4) is 0 Å². The van der Waals surface area contributed by atoms with Crippen LogP contribution >= 0.6 is 0 Å². The summed E-state index contributed by atoms with van der Waals surface area (Å²) in [5.41, 5.74) is 2.11. The largest absolute Gasteiger partial charge is 0.396 e. The first-order chi connectivity index (χ1) is 10.7. The molecule has 120 valence electrons. The lowest BCUT2D eigenvalue weighted by molar-refractivity contribution is -0.0164. The van der Waals surface area contributed by atoms with Crippen molar-refractivity contribution in [1.82, 2.24) is 14.9 Å². The maximum absolute atomic E-state index is 9.78. The van der Waals surface area contributed by atoms with Crippen LogP contribution in [0.4, 0.5) is 0 Å². The minimum atomic E-state index is -0.0584. The molecular formula is C17H25N3O2. The molecule has 0 amide bonds. The topological polar surface area (TPSA) is 59.3 Å². The number of imidazole rings is 1. The van der Waals surface area contributed by atoms with Gasteiger partial charge in [0.2, 0.25) is 0 Å². The molecule has 2 aromatic rings. The van der Waals surface area contributed by atoms with Gasteiger partial charge in [-0.05, 0) is 31.9 Å². The van der Waals surface area contributed by atoms with E-state index in [0.717, 1.165) is 49.5 Å². The van der Waals surface area contributed by atoms with Crippen molar-refractivity contribution in [2.24, 2.45) is 12.5 Å². The Bertz CT molecular complexity index is 632. The van der Waals surface area contributed by atoms with Crippen molar-refractivity contribution in [2.45, 2.75) is 25.8 Å². The van der Waals surface area contributed by atoms with Crippen molar-refractivity contribution in [3.63, 3.8) is 0 Å². The first kappa shape index (κ1) is 15.5. The van der Waals surface area contributed by atoms with Gasteiger partial charge in [-0.25, -0.2) is 4.98 Å². The standard InChI is InChI=1S/C17H25N3O2/c1-13(18-11-17(12-21)7-9-22-10-8-17)16-19-14-5-3-4-6-15(14)20(16)2/h3-6,13,18,21H,7-12H2,1-2H3. The van der Waals surface area contributed by atoms with Crippen molar-refractivity contribution < 1.29 is 9.84 Å². The number of aromatic nitrogens is 2. The van der Waals surface area contributed by atoms with Crippen molar-refractivity contribution >= 4 is 11.0 Å². The molecule has 5 nitrogen and oxygen atoms in total. The number of rotatable bonds is 5. The molecule has 5 heteroatoms. The van der Waals surface area contributed by atoms with Crippen LogP contribution in [-0.2, 0) is 11.8 Å². The van der Waals surface area contributed by atoms with Crippen molar-refractivity contribution in [2.75, 3.05) is 26.4 Å². The van der Waals surface area contributed by atoms with E-state index in [1.165, 1.54) is 0 Å². The van der Waals surface area contributed by atoms with Crippen LogP contribution in [0.2, 0.25) is 0 Å². The Morgan fingerprint density at radius 2 is 2.09 bits per heavy atom. The molecule has 0 spiro atoms. The zero-order valence-electron chi connectivity index (χ0n) is 13.4. The summed E-state index contributed by atoms with van der Waals surface area (Å²) in [4.78, 5) is 4.74. The summed E-state index contributed by atoms with van der Waals surface area (Å²) in [6.07, 6.45) is 1.82. The van der Waals surface area contributed by atoms with E-state index in [1.807, 2.05) is 18.2 Å². The summed E-state index contributed by atoms with van der Waals surface area (Å²) in [5, 5.41) is 13.3. The van der Waals surface area contributed by atoms with Gasteiger partial charge in [0.05, 0.1) is 23.7 Å². The SMILES string of the molecule is CC(NCC1(CO)CCOCC1)c1nc2ccccc2n1C. The second kappa shape index (κ2) is 6.36. The van der Waals surface area contributed by atoms with Crippen LogP contribution in [0, 0.1) is 5.41 Å². The van der Waals surface area contributed by atoms with Crippen LogP contribution in [0.1, 0.15) is 31.6 Å². The third-order valence-corrected chi connectivity index (χ3v) is 4.88. The predicted molar refractivity (Wildman–Crippen MR) is 86.7 cm³/mol. The maximum Gasteiger partial charge on any atom is 0.126 e. The molecule has 1 atom stereocenters. The van der Waals surface area contributed by atoms with Gasteiger partial charge in [-0.3, -0.25) is 0 Å². The Morgan fingerprint density at radius 1 is 1.36 bits per heavy atom. The molecule has 1 fully saturated rings. The molecule has 0 aliphatic carbocycles. The number of ether oxygens (including phenoxy) is 1. The molecule has 1 aliphatic heterocycles. The van der Waals surface area contributed by atoms with Crippen LogP contribution in [0.3, 0.4) is 0 Å². The third-order valence-electron chi connectivity index (χ3n) is 4.88. The molecule has 1 aliphatic rings. The molecule has 22 heavy (non-hydrogen) atoms. The van der Waals surface area contributed by atoms with Gasteiger partial charge in [-0.2, -0.15) is 0 Å². The monoisotopic (exact) mass is 303 g/mol. The van der Waals surface area contributed by atoms with Crippen molar-refractivity contribution in [1.29, 1.82) is 0 Å². The van der Waals surface area contributed by atoms with E-state index in [2.05, 4.69) is 29.9 Å². The van der Waals surface area contributed by atoms with E-state index >= 15 is 0 Å². The average molecular weight is 303 g/mol. The van der Waals surface area contributed by atoms with Gasteiger partial charge >= 0.3 is 0 Å². The molecule has 3 rings (SSSR count). The Labute approximate surface area is 131 Å². The zero-order chi connectivity index (χ0) is 15.6. The minimum Gasteiger partial charge on any atom is -0.396 e. The molecule has 2 N–H and O–H groups in total. The number of fused-ring (bicyclic) bond motifs is 1. The smallest absolute Gasteiger partial charge is 0.126 e. The molecule has 0 radical (unpaired) electrons. The van der Waals surface area contributed by atoms with Gasteiger partial charge in [-0.1, -0.05) is 12.1 Å². The molecule has 0 bridgehead atoms. The lowest BCUT2D eigenvalue weighted by atomic mass is 9.81. The predicted octanol–water partition coefficient (Wildman–Crippen LogP) is 2.01. The number of nitrogens with zero attached hydrogens (tertiary/aromatic N) is 2. The lowest BCUT2D eigenvalue weighted by Gasteiger charge is -2.36. The molecule has 2 heterocycles. The summed E-state index contributed by atoms with van der Waals surface area (Å²) in [7, 11) is 2.05. The van der Waals surface area contributed by atoms with Crippen LogP contribution in [0.15, 0.2) is 24.3 Å². The number of nitrogens with one attached hydrogen (secondary N) is 1. The van der Waals surface area contributed by atoms with Gasteiger partial charge in [0.15, 0.2) is 0 Å². The number of hydrogen-bond donors (Lipinski definition) is 2. The summed E-state index contributed by atoms with van der Waals surface area (Å²) in [6.45, 7) is 4.60. The first-order valence-electron chi connectivity index (χ1n) is 7.99. The molecule has 1 aromatic carbocycles. The van der Waals surface area contributed by atoms with E-state index in [4.69, 9.17) is 9.72 Å². The molecule has 1 unspecified atom stereocenters. The van der Waals surface area contributed by atoms with Crippen LogP contribution < -0.4 is 5.32 Å². The number of hydrogen-bond acceptors (Lipinski definition) is 4. The number of aliphatic hydroxyl groups excluding tert-OH is 1. The fraction of sp³-hybridized carbons (Fsp3) is 0.588. The summed E-state index contributed by atoms with van der Waals surface area (Å²) in [6, 6.07) is 8.32. The number of aryl methyl sites for hydroxylation is 1. The second-order valence-corrected chi connectivity index (χ2v) is 6.39. The Morgan fingerprint density at radius 3 is 2.77 bits per heavy atom. The van der Waals surface area contributed by atoms with E-state index in [1.54, 1.807) is 0 Å². The van der Waals surface area contributed by atoms with E-state index in [9.17, 15) is 5.11 Å². The van der Waals surface area contributed by atoms with Gasteiger partial charge < -0.3 is 19.7 Å². The highest BCUT2D eigenvalue weighted by Crippen LogP contribution is 2.30. The third kappa shape index (κ3) is 2.89. The number of benzene rings is 1. The Kier molecular flexibility index (Phi) is 4.47. The minimum absolute atomic E-state index is 0.0584. The van der Waals surface area contributed by atoms with E-state index in [-0.39, 0.29) is 18.1 Å². The van der Waals surface area contributed by atoms with Crippen LogP contribution in [0.5, 0.6) is 0 Å².